The number of aryl methyl sites for hydroxylation is 4. The molecule has 2 N–H and O–H groups in total. The number of hydrogen-bond acceptors (Lipinski definition) is 5. The lowest BCUT2D eigenvalue weighted by atomic mass is 10.2. The molecule has 9 nitrogen and oxygen atoms in total. The number of nitrogens with one attached hydrogen (secondary N) is 2. The number of carbonyl (C=O) groups excluding carboxylic acids is 1. The molecule has 1 aromatic carbocycles. The zero-order chi connectivity index (χ0) is 25.2. The van der Waals surface area contributed by atoms with Gasteiger partial charge in [0.1, 0.15) is 18.2 Å². The summed E-state index contributed by atoms with van der Waals surface area (Å²) >= 11 is 0. The molecule has 0 aliphatic rings. The number of fused-ring (bicyclic) bond motifs is 1. The van der Waals surface area contributed by atoms with Crippen molar-refractivity contribution in [2.24, 2.45) is 0 Å². The van der Waals surface area contributed by atoms with Gasteiger partial charge < -0.3 is 14.6 Å². The van der Waals surface area contributed by atoms with Gasteiger partial charge in [-0.3, -0.25) is 19.1 Å². The Morgan fingerprint density at radius 3 is 2.60 bits per heavy atom. The largest absolute Gasteiger partial charge is 0.492 e. The van der Waals surface area contributed by atoms with Crippen molar-refractivity contribution in [1.29, 1.82) is 0 Å². The van der Waals surface area contributed by atoms with Gasteiger partial charge in [0.15, 0.2) is 11.2 Å². The van der Waals surface area contributed by atoms with Gasteiger partial charge in [-0.15, -0.1) is 0 Å². The third-order valence-corrected chi connectivity index (χ3v) is 5.94. The summed E-state index contributed by atoms with van der Waals surface area (Å²) in [6.45, 7) is 8.07. The second-order valence-electron chi connectivity index (χ2n) is 8.84. The van der Waals surface area contributed by atoms with Gasteiger partial charge in [0.05, 0.1) is 6.54 Å². The normalized spacial score (nSPS) is 11.2. The fourth-order valence-electron chi connectivity index (χ4n) is 4.07. The first-order valence-corrected chi connectivity index (χ1v) is 12.6. The Labute approximate surface area is 205 Å². The summed E-state index contributed by atoms with van der Waals surface area (Å²) in [5.74, 6) is 1.32. The molecule has 0 atom stereocenters. The summed E-state index contributed by atoms with van der Waals surface area (Å²) in [5.41, 5.74) is 1.08. The van der Waals surface area contributed by atoms with Crippen LogP contribution in [-0.4, -0.2) is 38.2 Å². The van der Waals surface area contributed by atoms with Crippen LogP contribution in [0.25, 0.3) is 11.2 Å². The topological polar surface area (TPSA) is 111 Å². The van der Waals surface area contributed by atoms with Crippen LogP contribution >= 0.6 is 0 Å². The number of hydrogen-bond donors (Lipinski definition) is 2. The Kier molecular flexibility index (Phi) is 9.69. The fourth-order valence-corrected chi connectivity index (χ4v) is 4.07. The minimum atomic E-state index is -0.438. The van der Waals surface area contributed by atoms with Crippen LogP contribution in [0.3, 0.4) is 0 Å². The van der Waals surface area contributed by atoms with E-state index in [2.05, 4.69) is 22.2 Å². The average Bonchev–Trinajstić information content (AvgIpc) is 3.19. The second-order valence-corrected chi connectivity index (χ2v) is 8.84. The lowest BCUT2D eigenvalue weighted by molar-refractivity contribution is -0.121. The van der Waals surface area contributed by atoms with Gasteiger partial charge in [-0.05, 0) is 37.5 Å². The second kappa shape index (κ2) is 12.9. The maximum Gasteiger partial charge on any atom is 0.330 e. The Morgan fingerprint density at radius 2 is 1.86 bits per heavy atom. The molecule has 1 amide bonds. The summed E-state index contributed by atoms with van der Waals surface area (Å²) in [7, 11) is 0. The summed E-state index contributed by atoms with van der Waals surface area (Å²) in [4.78, 5) is 44.8. The Bertz CT molecular complexity index is 1240. The zero-order valence-electron chi connectivity index (χ0n) is 21.1. The number of nitrogens with zero attached hydrogens (tertiary/aromatic N) is 3. The van der Waals surface area contributed by atoms with Crippen LogP contribution in [0.1, 0.15) is 63.8 Å². The molecule has 0 bridgehead atoms. The van der Waals surface area contributed by atoms with Crippen molar-refractivity contribution in [2.75, 3.05) is 13.2 Å². The van der Waals surface area contributed by atoms with E-state index in [-0.39, 0.29) is 12.3 Å². The minimum Gasteiger partial charge on any atom is -0.492 e. The van der Waals surface area contributed by atoms with Gasteiger partial charge in [-0.1, -0.05) is 45.2 Å². The van der Waals surface area contributed by atoms with E-state index >= 15 is 0 Å². The van der Waals surface area contributed by atoms with E-state index < -0.39 is 11.2 Å². The highest BCUT2D eigenvalue weighted by Gasteiger charge is 2.19. The van der Waals surface area contributed by atoms with E-state index in [1.54, 1.807) is 4.57 Å². The van der Waals surface area contributed by atoms with Gasteiger partial charge in [0.25, 0.3) is 5.56 Å². The number of benzene rings is 1. The lowest BCUT2D eigenvalue weighted by Crippen LogP contribution is -2.31. The Morgan fingerprint density at radius 1 is 1.09 bits per heavy atom. The molecule has 0 saturated heterocycles. The van der Waals surface area contributed by atoms with E-state index in [4.69, 9.17) is 4.74 Å². The van der Waals surface area contributed by atoms with Gasteiger partial charge in [0, 0.05) is 25.9 Å². The maximum absolute atomic E-state index is 12.7. The number of H-pyrrole nitrogens is 1. The number of amides is 1. The highest BCUT2D eigenvalue weighted by Crippen LogP contribution is 2.16. The lowest BCUT2D eigenvalue weighted by Gasteiger charge is -2.10. The molecule has 0 fully saturated rings. The Balaban J connectivity index is 1.69. The Hall–Kier alpha value is -3.36. The van der Waals surface area contributed by atoms with Gasteiger partial charge in [-0.25, -0.2) is 9.78 Å². The molecular formula is C26H37N5O4. The first kappa shape index (κ1) is 26.2. The van der Waals surface area contributed by atoms with E-state index in [0.29, 0.717) is 49.7 Å². The van der Waals surface area contributed by atoms with Crippen molar-refractivity contribution in [2.45, 2.75) is 78.8 Å². The smallest absolute Gasteiger partial charge is 0.330 e. The summed E-state index contributed by atoms with van der Waals surface area (Å²) in [6.07, 6.45) is 5.31. The first-order valence-electron chi connectivity index (χ1n) is 12.6. The van der Waals surface area contributed by atoms with Crippen molar-refractivity contribution in [3.8, 4) is 5.75 Å². The number of imidazole rings is 1. The predicted octanol–water partition coefficient (Wildman–Crippen LogP) is 3.31. The van der Waals surface area contributed by atoms with Crippen molar-refractivity contribution in [3.63, 3.8) is 0 Å². The first-order chi connectivity index (χ1) is 16.9. The van der Waals surface area contributed by atoms with Crippen molar-refractivity contribution >= 4 is 17.1 Å². The van der Waals surface area contributed by atoms with Crippen LogP contribution in [0, 0.1) is 6.92 Å². The van der Waals surface area contributed by atoms with Crippen LogP contribution in [0.4, 0.5) is 0 Å². The number of rotatable bonds is 14. The molecule has 0 spiro atoms. The molecule has 0 radical (unpaired) electrons. The summed E-state index contributed by atoms with van der Waals surface area (Å²) < 4.78 is 9.12. The van der Waals surface area contributed by atoms with Crippen molar-refractivity contribution in [1.82, 2.24) is 24.4 Å². The minimum absolute atomic E-state index is 0.109. The standard InChI is InChI=1S/C26H37N5O4/c1-4-6-8-16-30-21(28-24-23(30)25(33)29-26(34)31(24)15-7-5-2)12-13-22(32)27-14-17-35-20-11-9-10-19(3)18-20/h9-11,18H,4-8,12-17H2,1-3H3,(H,27,32)(H,29,33,34). The van der Waals surface area contributed by atoms with Crippen LogP contribution in [0.2, 0.25) is 0 Å². The predicted molar refractivity (Wildman–Crippen MR) is 137 cm³/mol. The summed E-state index contributed by atoms with van der Waals surface area (Å²) in [6, 6.07) is 7.77. The van der Waals surface area contributed by atoms with Crippen molar-refractivity contribution in [3.05, 3.63) is 56.5 Å². The molecule has 2 aromatic heterocycles. The molecule has 0 aliphatic carbocycles. The molecule has 2 heterocycles. The maximum atomic E-state index is 12.7. The number of carbonyl (C=O) groups is 1. The van der Waals surface area contributed by atoms with Crippen LogP contribution in [0.15, 0.2) is 33.9 Å². The van der Waals surface area contributed by atoms with Gasteiger partial charge in [-0.2, -0.15) is 0 Å². The monoisotopic (exact) mass is 483 g/mol. The third-order valence-electron chi connectivity index (χ3n) is 5.94. The van der Waals surface area contributed by atoms with E-state index in [0.717, 1.165) is 43.4 Å². The highest BCUT2D eigenvalue weighted by molar-refractivity contribution is 5.76. The molecule has 0 unspecified atom stereocenters. The fraction of sp³-hybridized carbons (Fsp3) is 0.538. The molecule has 0 aliphatic heterocycles. The number of aromatic amines is 1. The quantitative estimate of drug-likeness (QED) is 0.342. The molecule has 3 rings (SSSR count). The van der Waals surface area contributed by atoms with Crippen LogP contribution in [-0.2, 0) is 24.3 Å². The molecule has 3 aromatic rings. The number of ether oxygens (including phenoxy) is 1. The number of aromatic nitrogens is 4. The van der Waals surface area contributed by atoms with Crippen LogP contribution < -0.4 is 21.3 Å². The molecule has 0 saturated carbocycles. The summed E-state index contributed by atoms with van der Waals surface area (Å²) in [5, 5.41) is 2.88. The molecule has 35 heavy (non-hydrogen) atoms. The van der Waals surface area contributed by atoms with E-state index in [1.807, 2.05) is 42.7 Å². The molecule has 9 heteroatoms. The zero-order valence-corrected chi connectivity index (χ0v) is 21.1. The average molecular weight is 484 g/mol. The SMILES string of the molecule is CCCCCn1c(CCC(=O)NCCOc2cccc(C)c2)nc2c1c(=O)[nH]c(=O)n2CCCC. The highest BCUT2D eigenvalue weighted by atomic mass is 16.5. The molecule has 190 valence electrons. The van der Waals surface area contributed by atoms with Gasteiger partial charge >= 0.3 is 5.69 Å². The van der Waals surface area contributed by atoms with Gasteiger partial charge in [0.2, 0.25) is 5.91 Å². The third kappa shape index (κ3) is 7.07. The van der Waals surface area contributed by atoms with E-state index in [1.165, 1.54) is 0 Å². The van der Waals surface area contributed by atoms with E-state index in [9.17, 15) is 14.4 Å². The molecular weight excluding hydrogens is 446 g/mol. The van der Waals surface area contributed by atoms with Crippen LogP contribution in [0.5, 0.6) is 5.75 Å². The number of unbranched alkanes of at least 4 members (excludes halogenated alkanes) is 3. The van der Waals surface area contributed by atoms with Crippen molar-refractivity contribution < 1.29 is 9.53 Å².